The maximum Gasteiger partial charge on any atom is 0.0467 e. The quantitative estimate of drug-likeness (QED) is 0.498. The molecule has 2 aliphatic rings. The molecule has 0 heterocycles. The maximum atomic E-state index is 3.71. The summed E-state index contributed by atoms with van der Waals surface area (Å²) in [6, 6.07) is 24.7. The van der Waals surface area contributed by atoms with E-state index >= 15 is 0 Å². The van der Waals surface area contributed by atoms with Gasteiger partial charge in [-0.25, -0.2) is 0 Å². The van der Waals surface area contributed by atoms with Crippen LogP contribution in [-0.4, -0.2) is 0 Å². The number of rotatable bonds is 3. The number of nitrogens with one attached hydrogen (secondary N) is 1. The molecule has 0 amide bonds. The third-order valence-corrected chi connectivity index (χ3v) is 6.87. The Labute approximate surface area is 168 Å². The molecular weight excluding hydrogens is 338 g/mol. The van der Waals surface area contributed by atoms with Gasteiger partial charge >= 0.3 is 0 Å². The summed E-state index contributed by atoms with van der Waals surface area (Å²) in [7, 11) is 0. The normalized spacial score (nSPS) is 17.8. The molecule has 0 aromatic heterocycles. The summed E-state index contributed by atoms with van der Waals surface area (Å²) < 4.78 is 0. The summed E-state index contributed by atoms with van der Waals surface area (Å²) in [6.45, 7) is 4.67. The highest BCUT2D eigenvalue weighted by molar-refractivity contribution is 5.91. The van der Waals surface area contributed by atoms with Crippen molar-refractivity contribution in [2.24, 2.45) is 0 Å². The summed E-state index contributed by atoms with van der Waals surface area (Å²) >= 11 is 0. The average Bonchev–Trinajstić information content (AvgIpc) is 2.98. The van der Waals surface area contributed by atoms with Crippen LogP contribution in [0.4, 0.5) is 11.4 Å². The van der Waals surface area contributed by atoms with E-state index in [1.165, 1.54) is 71.3 Å². The van der Waals surface area contributed by atoms with Crippen LogP contribution in [0.15, 0.2) is 66.7 Å². The van der Waals surface area contributed by atoms with E-state index in [0.717, 1.165) is 5.92 Å². The lowest BCUT2D eigenvalue weighted by atomic mass is 9.82. The van der Waals surface area contributed by atoms with Gasteiger partial charge in [-0.05, 0) is 59.2 Å². The second-order valence-corrected chi connectivity index (χ2v) is 8.98. The smallest absolute Gasteiger partial charge is 0.0467 e. The molecule has 2 aliphatic carbocycles. The van der Waals surface area contributed by atoms with E-state index in [9.17, 15) is 0 Å². The number of hydrogen-bond donors (Lipinski definition) is 1. The van der Waals surface area contributed by atoms with E-state index in [0.29, 0.717) is 0 Å². The molecule has 1 saturated carbocycles. The lowest BCUT2D eigenvalue weighted by Gasteiger charge is -2.22. The van der Waals surface area contributed by atoms with Crippen molar-refractivity contribution >= 4 is 11.4 Å². The summed E-state index contributed by atoms with van der Waals surface area (Å²) in [5.74, 6) is 0.761. The van der Waals surface area contributed by atoms with E-state index in [-0.39, 0.29) is 5.41 Å². The topological polar surface area (TPSA) is 12.0 Å². The fourth-order valence-corrected chi connectivity index (χ4v) is 5.29. The Hall–Kier alpha value is -2.54. The molecule has 142 valence electrons. The SMILES string of the molecule is CC1(C)c2ccccc2-c2c(Nc3ccc(C4CCCCC4)cc3)cccc21. The first-order chi connectivity index (χ1) is 13.6. The second kappa shape index (κ2) is 6.81. The standard InChI is InChI=1S/C27H29N/c1-27(2)23-12-7-6-11-22(23)26-24(27)13-8-14-25(26)28-21-17-15-20(16-18-21)19-9-4-3-5-10-19/h6-8,11-19,28H,3-5,9-10H2,1-2H3. The predicted octanol–water partition coefficient (Wildman–Crippen LogP) is 7.78. The van der Waals surface area contributed by atoms with Gasteiger partial charge in [0.25, 0.3) is 0 Å². The van der Waals surface area contributed by atoms with Gasteiger partial charge in [-0.2, -0.15) is 0 Å². The Morgan fingerprint density at radius 3 is 2.25 bits per heavy atom. The van der Waals surface area contributed by atoms with Crippen LogP contribution in [0.3, 0.4) is 0 Å². The van der Waals surface area contributed by atoms with Gasteiger partial charge in [0.1, 0.15) is 0 Å². The minimum Gasteiger partial charge on any atom is -0.355 e. The Bertz CT molecular complexity index is 991. The molecule has 0 bridgehead atoms. The van der Waals surface area contributed by atoms with Crippen LogP contribution in [0.2, 0.25) is 0 Å². The highest BCUT2D eigenvalue weighted by Crippen LogP contribution is 2.51. The van der Waals surface area contributed by atoms with E-state index in [4.69, 9.17) is 0 Å². The zero-order chi connectivity index (χ0) is 19.1. The van der Waals surface area contributed by atoms with Crippen LogP contribution in [0, 0.1) is 0 Å². The Kier molecular flexibility index (Phi) is 4.27. The first kappa shape index (κ1) is 17.6. The summed E-state index contributed by atoms with van der Waals surface area (Å²) in [4.78, 5) is 0. The fraction of sp³-hybridized carbons (Fsp3) is 0.333. The lowest BCUT2D eigenvalue weighted by Crippen LogP contribution is -2.14. The molecule has 0 saturated heterocycles. The van der Waals surface area contributed by atoms with Crippen LogP contribution in [0.1, 0.15) is 68.6 Å². The van der Waals surface area contributed by atoms with Gasteiger partial charge in [-0.15, -0.1) is 0 Å². The van der Waals surface area contributed by atoms with Gasteiger partial charge in [0, 0.05) is 22.4 Å². The molecule has 0 aliphatic heterocycles. The minimum absolute atomic E-state index is 0.0501. The molecule has 1 nitrogen and oxygen atoms in total. The van der Waals surface area contributed by atoms with Crippen LogP contribution in [0.5, 0.6) is 0 Å². The monoisotopic (exact) mass is 367 g/mol. The first-order valence-corrected chi connectivity index (χ1v) is 10.7. The van der Waals surface area contributed by atoms with E-state index in [1.807, 2.05) is 0 Å². The van der Waals surface area contributed by atoms with Crippen molar-refractivity contribution < 1.29 is 0 Å². The highest BCUT2D eigenvalue weighted by atomic mass is 14.9. The van der Waals surface area contributed by atoms with Crippen molar-refractivity contribution in [2.75, 3.05) is 5.32 Å². The second-order valence-electron chi connectivity index (χ2n) is 8.98. The van der Waals surface area contributed by atoms with Crippen LogP contribution in [0.25, 0.3) is 11.1 Å². The zero-order valence-electron chi connectivity index (χ0n) is 17.0. The molecule has 0 radical (unpaired) electrons. The molecule has 0 spiro atoms. The van der Waals surface area contributed by atoms with Gasteiger partial charge in [-0.1, -0.05) is 81.6 Å². The molecule has 1 N–H and O–H groups in total. The van der Waals surface area contributed by atoms with Crippen molar-refractivity contribution in [1.29, 1.82) is 0 Å². The minimum atomic E-state index is 0.0501. The van der Waals surface area contributed by atoms with Gasteiger partial charge in [0.05, 0.1) is 0 Å². The van der Waals surface area contributed by atoms with Crippen molar-refractivity contribution in [3.05, 3.63) is 83.4 Å². The van der Waals surface area contributed by atoms with Crippen molar-refractivity contribution in [3.8, 4) is 11.1 Å². The Morgan fingerprint density at radius 2 is 1.46 bits per heavy atom. The predicted molar refractivity (Wildman–Crippen MR) is 120 cm³/mol. The van der Waals surface area contributed by atoms with Crippen LogP contribution < -0.4 is 5.32 Å². The first-order valence-electron chi connectivity index (χ1n) is 10.7. The Morgan fingerprint density at radius 1 is 0.750 bits per heavy atom. The van der Waals surface area contributed by atoms with Crippen molar-refractivity contribution in [2.45, 2.75) is 57.3 Å². The van der Waals surface area contributed by atoms with Crippen molar-refractivity contribution in [3.63, 3.8) is 0 Å². The largest absolute Gasteiger partial charge is 0.355 e. The van der Waals surface area contributed by atoms with Gasteiger partial charge in [0.15, 0.2) is 0 Å². The number of anilines is 2. The molecule has 3 aromatic rings. The van der Waals surface area contributed by atoms with E-state index < -0.39 is 0 Å². The van der Waals surface area contributed by atoms with Crippen molar-refractivity contribution in [1.82, 2.24) is 0 Å². The van der Waals surface area contributed by atoms with Gasteiger partial charge < -0.3 is 5.32 Å². The average molecular weight is 368 g/mol. The molecule has 5 rings (SSSR count). The molecule has 28 heavy (non-hydrogen) atoms. The maximum absolute atomic E-state index is 3.71. The summed E-state index contributed by atoms with van der Waals surface area (Å²) in [5.41, 5.74) is 9.51. The summed E-state index contributed by atoms with van der Waals surface area (Å²) in [6.07, 6.45) is 6.88. The summed E-state index contributed by atoms with van der Waals surface area (Å²) in [5, 5.41) is 3.71. The molecule has 0 atom stereocenters. The third kappa shape index (κ3) is 2.85. The fourth-order valence-electron chi connectivity index (χ4n) is 5.29. The molecular formula is C27H29N. The number of hydrogen-bond acceptors (Lipinski definition) is 1. The van der Waals surface area contributed by atoms with E-state index in [1.54, 1.807) is 0 Å². The van der Waals surface area contributed by atoms with Gasteiger partial charge in [0.2, 0.25) is 0 Å². The van der Waals surface area contributed by atoms with Crippen LogP contribution in [-0.2, 0) is 5.41 Å². The number of benzene rings is 3. The lowest BCUT2D eigenvalue weighted by molar-refractivity contribution is 0.443. The molecule has 1 heteroatoms. The molecule has 1 fully saturated rings. The van der Waals surface area contributed by atoms with Gasteiger partial charge in [-0.3, -0.25) is 0 Å². The third-order valence-electron chi connectivity index (χ3n) is 6.87. The Balaban J connectivity index is 1.47. The zero-order valence-corrected chi connectivity index (χ0v) is 17.0. The molecule has 0 unspecified atom stereocenters. The molecule has 3 aromatic carbocycles. The number of fused-ring (bicyclic) bond motifs is 3. The van der Waals surface area contributed by atoms with Crippen LogP contribution >= 0.6 is 0 Å². The highest BCUT2D eigenvalue weighted by Gasteiger charge is 2.36. The van der Waals surface area contributed by atoms with E-state index in [2.05, 4.69) is 85.9 Å².